The molecule has 0 spiro atoms. The van der Waals surface area contributed by atoms with Gasteiger partial charge in [0.1, 0.15) is 0 Å². The van der Waals surface area contributed by atoms with E-state index in [0.29, 0.717) is 0 Å². The van der Waals surface area contributed by atoms with E-state index in [1.165, 1.54) is 32.4 Å². The summed E-state index contributed by atoms with van der Waals surface area (Å²) in [4.78, 5) is 12.2. The number of nitrogens with one attached hydrogen (secondary N) is 2. The molecular weight excluding hydrogens is 441 g/mol. The molecule has 0 saturated carbocycles. The van der Waals surface area contributed by atoms with Gasteiger partial charge in [0.05, 0.1) is 30.9 Å². The number of hydrogen-bond donors (Lipinski definition) is 3. The molecule has 0 aliphatic carbocycles. The van der Waals surface area contributed by atoms with E-state index < -0.39 is 34.1 Å². The van der Waals surface area contributed by atoms with Crippen molar-refractivity contribution in [3.63, 3.8) is 0 Å². The summed E-state index contributed by atoms with van der Waals surface area (Å²) in [6, 6.07) is 5.92. The highest BCUT2D eigenvalue weighted by molar-refractivity contribution is 7.87. The zero-order valence-corrected chi connectivity index (χ0v) is 17.0. The van der Waals surface area contributed by atoms with Crippen LogP contribution < -0.4 is 24.9 Å². The van der Waals surface area contributed by atoms with Gasteiger partial charge < -0.3 is 9.47 Å². The molecule has 0 unspecified atom stereocenters. The van der Waals surface area contributed by atoms with E-state index in [4.69, 9.17) is 14.6 Å². The van der Waals surface area contributed by atoms with Gasteiger partial charge >= 0.3 is 6.18 Å². The predicted octanol–water partition coefficient (Wildman–Crippen LogP) is 1.92. The van der Waals surface area contributed by atoms with Crippen LogP contribution >= 0.6 is 0 Å². The monoisotopic (exact) mass is 458 g/mol. The van der Waals surface area contributed by atoms with Crippen LogP contribution in [0.25, 0.3) is 22.0 Å². The Hall–Kier alpha value is -3.16. The number of rotatable bonds is 6. The van der Waals surface area contributed by atoms with E-state index in [9.17, 15) is 26.4 Å². The number of alkyl halides is 3. The van der Waals surface area contributed by atoms with Crippen LogP contribution in [0.1, 0.15) is 11.1 Å². The minimum Gasteiger partial charge on any atom is -0.493 e. The largest absolute Gasteiger partial charge is 0.493 e. The lowest BCUT2D eigenvalue weighted by Crippen LogP contribution is -2.30. The fraction of sp³-hybridized carbons (Fsp3) is 0.222. The predicted molar refractivity (Wildman–Crippen MR) is 106 cm³/mol. The van der Waals surface area contributed by atoms with E-state index in [1.807, 2.05) is 4.72 Å². The molecule has 1 aromatic heterocycles. The molecule has 3 rings (SSSR count). The molecule has 1 heterocycles. The third kappa shape index (κ3) is 4.78. The molecule has 0 aliphatic rings. The normalized spacial score (nSPS) is 12.2. The first-order valence-corrected chi connectivity index (χ1v) is 10.1. The highest BCUT2D eigenvalue weighted by Gasteiger charge is 2.35. The smallest absolute Gasteiger partial charge is 0.417 e. The average Bonchev–Trinajstić information content (AvgIpc) is 2.70. The quantitative estimate of drug-likeness (QED) is 0.516. The molecule has 0 aliphatic heterocycles. The summed E-state index contributed by atoms with van der Waals surface area (Å²) in [5.41, 5.74) is -2.13. The van der Waals surface area contributed by atoms with Crippen LogP contribution in [0.4, 0.5) is 13.2 Å². The van der Waals surface area contributed by atoms with E-state index in [-0.39, 0.29) is 39.1 Å². The summed E-state index contributed by atoms with van der Waals surface area (Å²) in [7, 11) is -1.39. The van der Waals surface area contributed by atoms with Gasteiger partial charge in [-0.3, -0.25) is 4.79 Å². The Labute approximate surface area is 174 Å². The Morgan fingerprint density at radius 2 is 1.71 bits per heavy atom. The standard InChI is InChI=1S/C18H17F3N4O5S/c1-29-14-6-11-12(7-15(14)30-2)17(26)25-24-16(11)10-4-3-9(8-23-31(22,27)28)5-13(10)18(19,20)21/h3-7,23H,8H2,1-2H3,(H,25,26)(H2,22,27,28). The number of H-pyrrole nitrogens is 1. The summed E-state index contributed by atoms with van der Waals surface area (Å²) in [5, 5.41) is 11.0. The highest BCUT2D eigenvalue weighted by atomic mass is 32.2. The Kier molecular flexibility index (Phi) is 5.93. The van der Waals surface area contributed by atoms with Gasteiger partial charge in [0.2, 0.25) is 0 Å². The average molecular weight is 458 g/mol. The number of ether oxygens (including phenoxy) is 2. The molecule has 0 radical (unpaired) electrons. The first-order chi connectivity index (χ1) is 14.4. The summed E-state index contributed by atoms with van der Waals surface area (Å²) in [6.45, 7) is -0.437. The first kappa shape index (κ1) is 22.5. The fourth-order valence-corrected chi connectivity index (χ4v) is 3.39. The van der Waals surface area contributed by atoms with Crippen LogP contribution in [0, 0.1) is 0 Å². The topological polar surface area (TPSA) is 136 Å². The number of nitrogens with two attached hydrogens (primary N) is 1. The maximum Gasteiger partial charge on any atom is 0.417 e. The van der Waals surface area contributed by atoms with E-state index in [1.54, 1.807) is 0 Å². The number of hydrogen-bond acceptors (Lipinski definition) is 6. The number of aromatic amines is 1. The second-order valence-electron chi connectivity index (χ2n) is 6.40. The molecule has 0 amide bonds. The van der Waals surface area contributed by atoms with Gasteiger partial charge in [-0.05, 0) is 23.8 Å². The molecule has 13 heteroatoms. The summed E-state index contributed by atoms with van der Waals surface area (Å²) in [5.74, 6) is 0.421. The van der Waals surface area contributed by atoms with Crippen LogP contribution in [0.15, 0.2) is 35.1 Å². The van der Waals surface area contributed by atoms with Crippen molar-refractivity contribution in [3.8, 4) is 22.8 Å². The Bertz CT molecular complexity index is 1310. The molecule has 31 heavy (non-hydrogen) atoms. The molecule has 2 aromatic carbocycles. The van der Waals surface area contributed by atoms with Crippen molar-refractivity contribution in [3.05, 3.63) is 51.8 Å². The molecule has 9 nitrogen and oxygen atoms in total. The molecule has 0 bridgehead atoms. The Morgan fingerprint density at radius 1 is 1.10 bits per heavy atom. The molecule has 4 N–H and O–H groups in total. The second kappa shape index (κ2) is 8.17. The van der Waals surface area contributed by atoms with E-state index in [2.05, 4.69) is 10.2 Å². The van der Waals surface area contributed by atoms with Crippen molar-refractivity contribution in [2.24, 2.45) is 5.14 Å². The van der Waals surface area contributed by atoms with Gasteiger partial charge in [0.15, 0.2) is 11.5 Å². The van der Waals surface area contributed by atoms with Crippen LogP contribution in [0.3, 0.4) is 0 Å². The van der Waals surface area contributed by atoms with E-state index >= 15 is 0 Å². The Balaban J connectivity index is 2.26. The van der Waals surface area contributed by atoms with Crippen molar-refractivity contribution in [1.29, 1.82) is 0 Å². The van der Waals surface area contributed by atoms with E-state index in [0.717, 1.165) is 12.1 Å². The summed E-state index contributed by atoms with van der Waals surface area (Å²) >= 11 is 0. The van der Waals surface area contributed by atoms with Crippen LogP contribution in [-0.4, -0.2) is 32.8 Å². The molecule has 0 atom stereocenters. The van der Waals surface area contributed by atoms with Gasteiger partial charge in [0.25, 0.3) is 15.8 Å². The Morgan fingerprint density at radius 3 is 2.26 bits per heavy atom. The summed E-state index contributed by atoms with van der Waals surface area (Å²) < 4.78 is 75.8. The zero-order valence-electron chi connectivity index (χ0n) is 16.2. The minimum absolute atomic E-state index is 0.0260. The molecule has 166 valence electrons. The molecular formula is C18H17F3N4O5S. The van der Waals surface area contributed by atoms with Gasteiger partial charge in [-0.15, -0.1) is 0 Å². The first-order valence-electron chi connectivity index (χ1n) is 8.57. The third-order valence-corrected chi connectivity index (χ3v) is 4.96. The molecule has 0 saturated heterocycles. The maximum atomic E-state index is 13.8. The number of aromatic nitrogens is 2. The third-order valence-electron chi connectivity index (χ3n) is 4.41. The van der Waals surface area contributed by atoms with Crippen molar-refractivity contribution < 1.29 is 31.1 Å². The van der Waals surface area contributed by atoms with Gasteiger partial charge in [-0.1, -0.05) is 12.1 Å². The lowest BCUT2D eigenvalue weighted by atomic mass is 9.97. The molecule has 0 fully saturated rings. The second-order valence-corrected chi connectivity index (χ2v) is 7.78. The lowest BCUT2D eigenvalue weighted by Gasteiger charge is -2.16. The van der Waals surface area contributed by atoms with Crippen molar-refractivity contribution in [1.82, 2.24) is 14.9 Å². The lowest BCUT2D eigenvalue weighted by molar-refractivity contribution is -0.137. The fourth-order valence-electron chi connectivity index (χ4n) is 3.02. The van der Waals surface area contributed by atoms with Crippen LogP contribution in [0.5, 0.6) is 11.5 Å². The van der Waals surface area contributed by atoms with Crippen molar-refractivity contribution >= 4 is 21.0 Å². The highest BCUT2D eigenvalue weighted by Crippen LogP contribution is 2.40. The van der Waals surface area contributed by atoms with Gasteiger partial charge in [-0.2, -0.15) is 31.4 Å². The number of benzene rings is 2. The van der Waals surface area contributed by atoms with Gasteiger partial charge in [0, 0.05) is 17.5 Å². The van der Waals surface area contributed by atoms with Gasteiger partial charge in [-0.25, -0.2) is 10.2 Å². The number of nitrogens with zero attached hydrogens (tertiary/aromatic N) is 1. The summed E-state index contributed by atoms with van der Waals surface area (Å²) in [6.07, 6.45) is -4.80. The van der Waals surface area contributed by atoms with Crippen LogP contribution in [0.2, 0.25) is 0 Å². The number of methoxy groups -OCH3 is 2. The number of fused-ring (bicyclic) bond motifs is 1. The van der Waals surface area contributed by atoms with Crippen molar-refractivity contribution in [2.45, 2.75) is 12.7 Å². The SMILES string of the molecule is COc1cc2c(-c3ccc(CNS(N)(=O)=O)cc3C(F)(F)F)n[nH]c(=O)c2cc1OC. The van der Waals surface area contributed by atoms with Crippen LogP contribution in [-0.2, 0) is 22.9 Å². The maximum absolute atomic E-state index is 13.8. The molecule has 3 aromatic rings. The zero-order chi connectivity index (χ0) is 23.0. The minimum atomic E-state index is -4.80. The number of halogens is 3. The van der Waals surface area contributed by atoms with Crippen molar-refractivity contribution in [2.75, 3.05) is 14.2 Å².